The Morgan fingerprint density at radius 2 is 1.88 bits per heavy atom. The molecule has 0 spiro atoms. The minimum absolute atomic E-state index is 0.0913. The number of amides is 3. The molecule has 216 valence electrons. The third-order valence-electron chi connectivity index (χ3n) is 5.53. The molecule has 40 heavy (non-hydrogen) atoms. The first-order valence-corrected chi connectivity index (χ1v) is 12.8. The van der Waals surface area contributed by atoms with Gasteiger partial charge in [-0.3, -0.25) is 9.59 Å². The molecule has 0 radical (unpaired) electrons. The van der Waals surface area contributed by atoms with Crippen LogP contribution in [0.25, 0.3) is 0 Å². The fourth-order valence-electron chi connectivity index (χ4n) is 3.72. The van der Waals surface area contributed by atoms with Crippen molar-refractivity contribution >= 4 is 35.3 Å². The van der Waals surface area contributed by atoms with Gasteiger partial charge in [-0.1, -0.05) is 18.2 Å². The summed E-state index contributed by atoms with van der Waals surface area (Å²) in [4.78, 5) is 50.7. The molecule has 1 aliphatic heterocycles. The predicted octanol–water partition coefficient (Wildman–Crippen LogP) is 2.38. The third-order valence-corrected chi connectivity index (χ3v) is 5.53. The highest BCUT2D eigenvalue weighted by atomic mass is 16.6. The number of aliphatic hydroxyl groups excluding tert-OH is 1. The number of nitrogens with zero attached hydrogens (tertiary/aromatic N) is 1. The number of nitrogens with one attached hydrogen (secondary N) is 2. The van der Waals surface area contributed by atoms with E-state index < -0.39 is 41.7 Å². The molecule has 3 rings (SSSR count). The summed E-state index contributed by atoms with van der Waals surface area (Å²) < 4.78 is 20.9. The van der Waals surface area contributed by atoms with Gasteiger partial charge in [0.05, 0.1) is 13.2 Å². The number of carbonyl (C=O) groups is 4. The van der Waals surface area contributed by atoms with Crippen LogP contribution in [0.2, 0.25) is 0 Å². The molecule has 12 nitrogen and oxygen atoms in total. The van der Waals surface area contributed by atoms with Crippen LogP contribution in [-0.4, -0.2) is 73.2 Å². The van der Waals surface area contributed by atoms with E-state index >= 15 is 0 Å². The molecule has 2 aromatic rings. The maximum absolute atomic E-state index is 13.1. The van der Waals surface area contributed by atoms with Gasteiger partial charge in [0.15, 0.2) is 18.8 Å². The summed E-state index contributed by atoms with van der Waals surface area (Å²) in [5.74, 6) is -1.58. The second-order valence-electron chi connectivity index (χ2n) is 9.86. The van der Waals surface area contributed by atoms with Crippen LogP contribution < -0.4 is 20.3 Å². The Morgan fingerprint density at radius 1 is 1.15 bits per heavy atom. The first-order valence-electron chi connectivity index (χ1n) is 12.8. The Kier molecular flexibility index (Phi) is 10.5. The quantitative estimate of drug-likeness (QED) is 0.374. The van der Waals surface area contributed by atoms with E-state index in [4.69, 9.17) is 18.9 Å². The summed E-state index contributed by atoms with van der Waals surface area (Å²) in [5, 5.41) is 15.9. The van der Waals surface area contributed by atoms with E-state index in [0.717, 1.165) is 5.56 Å². The Labute approximate surface area is 232 Å². The van der Waals surface area contributed by atoms with Gasteiger partial charge in [0.2, 0.25) is 0 Å². The molecule has 0 aromatic heterocycles. The first kappa shape index (κ1) is 30.4. The van der Waals surface area contributed by atoms with Crippen LogP contribution in [0.5, 0.6) is 5.75 Å². The number of benzene rings is 2. The number of hydrogen-bond acceptors (Lipinski definition) is 9. The lowest BCUT2D eigenvalue weighted by Gasteiger charge is -2.34. The second kappa shape index (κ2) is 13.8. The summed E-state index contributed by atoms with van der Waals surface area (Å²) >= 11 is 0. The highest BCUT2D eigenvalue weighted by Gasteiger charge is 2.39. The molecule has 0 aliphatic carbocycles. The maximum Gasteiger partial charge on any atom is 0.407 e. The van der Waals surface area contributed by atoms with Gasteiger partial charge in [-0.25, -0.2) is 9.59 Å². The number of rotatable bonds is 10. The molecule has 1 saturated heterocycles. The number of carbonyl (C=O) groups excluding carboxylic acids is 4. The van der Waals surface area contributed by atoms with Gasteiger partial charge < -0.3 is 39.6 Å². The van der Waals surface area contributed by atoms with Gasteiger partial charge in [0.1, 0.15) is 11.4 Å². The van der Waals surface area contributed by atoms with E-state index in [2.05, 4.69) is 10.6 Å². The van der Waals surface area contributed by atoms with Crippen LogP contribution in [-0.2, 0) is 35.1 Å². The Balaban J connectivity index is 1.56. The van der Waals surface area contributed by atoms with Crippen LogP contribution in [0.4, 0.5) is 16.2 Å². The number of ether oxygens (including phenoxy) is 4. The molecule has 1 aliphatic rings. The van der Waals surface area contributed by atoms with Crippen molar-refractivity contribution < 1.29 is 43.2 Å². The van der Waals surface area contributed by atoms with E-state index in [1.54, 1.807) is 76.2 Å². The summed E-state index contributed by atoms with van der Waals surface area (Å²) in [6.45, 7) is 7.47. The smallest absolute Gasteiger partial charge is 0.407 e. The van der Waals surface area contributed by atoms with Crippen LogP contribution in [0.15, 0.2) is 48.5 Å². The second-order valence-corrected chi connectivity index (χ2v) is 9.86. The Bertz CT molecular complexity index is 1190. The highest BCUT2D eigenvalue weighted by molar-refractivity contribution is 6.03. The summed E-state index contributed by atoms with van der Waals surface area (Å²) in [6.07, 6.45) is -3.74. The minimum atomic E-state index is -1.77. The molecule has 1 heterocycles. The zero-order chi connectivity index (χ0) is 29.3. The number of anilines is 2. The van der Waals surface area contributed by atoms with Gasteiger partial charge in [-0.15, -0.1) is 0 Å². The average Bonchev–Trinajstić information content (AvgIpc) is 2.90. The average molecular weight is 558 g/mol. The van der Waals surface area contributed by atoms with Crippen LogP contribution >= 0.6 is 0 Å². The van der Waals surface area contributed by atoms with E-state index in [1.807, 2.05) is 0 Å². The number of esters is 1. The Morgan fingerprint density at radius 3 is 2.55 bits per heavy atom. The Hall–Kier alpha value is -4.16. The molecule has 3 amide bonds. The molecular weight excluding hydrogens is 522 g/mol. The monoisotopic (exact) mass is 557 g/mol. The fourth-order valence-corrected chi connectivity index (χ4v) is 3.72. The zero-order valence-corrected chi connectivity index (χ0v) is 23.0. The zero-order valence-electron chi connectivity index (χ0n) is 23.0. The standard InChI is InChI=1S/C28H35N3O9/c1-5-37-22(32)17-39-21-8-6-7-20(15-21)31-13-14-38-24(26(31)35)23(33)25(34)30-19-11-9-18(10-12-19)16-29-27(36)40-28(2,3)4/h6-12,15,23-24,33H,5,13-14,16-17H2,1-4H3,(H,29,36)(H,30,34)/t23-,24-/m1/s1. The summed E-state index contributed by atoms with van der Waals surface area (Å²) in [7, 11) is 0. The molecule has 12 heteroatoms. The topological polar surface area (TPSA) is 153 Å². The SMILES string of the molecule is CCOC(=O)COc1cccc(N2CCO[C@H]([C@@H](O)C(=O)Nc3ccc(CNC(=O)OC(C)(C)C)cc3)C2=O)c1. The third kappa shape index (κ3) is 8.95. The van der Waals surface area contributed by atoms with Crippen molar-refractivity contribution in [3.8, 4) is 5.75 Å². The van der Waals surface area contributed by atoms with Crippen molar-refractivity contribution in [1.82, 2.24) is 5.32 Å². The fraction of sp³-hybridized carbons (Fsp3) is 0.429. The van der Waals surface area contributed by atoms with Crippen molar-refractivity contribution in [2.24, 2.45) is 0 Å². The van der Waals surface area contributed by atoms with Crippen LogP contribution in [0.3, 0.4) is 0 Å². The highest BCUT2D eigenvalue weighted by Crippen LogP contribution is 2.25. The number of hydrogen-bond donors (Lipinski definition) is 3. The summed E-state index contributed by atoms with van der Waals surface area (Å²) in [6, 6.07) is 13.1. The van der Waals surface area contributed by atoms with Gasteiger partial charge >= 0.3 is 12.1 Å². The number of morpholine rings is 1. The largest absolute Gasteiger partial charge is 0.482 e. The van der Waals surface area contributed by atoms with Crippen LogP contribution in [0.1, 0.15) is 33.3 Å². The van der Waals surface area contributed by atoms with E-state index in [1.165, 1.54) is 4.90 Å². The lowest BCUT2D eigenvalue weighted by molar-refractivity contribution is -0.150. The van der Waals surface area contributed by atoms with E-state index in [9.17, 15) is 24.3 Å². The van der Waals surface area contributed by atoms with Crippen molar-refractivity contribution in [3.05, 3.63) is 54.1 Å². The maximum atomic E-state index is 13.1. The molecule has 2 aromatic carbocycles. The molecule has 0 unspecified atom stereocenters. The normalized spacial score (nSPS) is 16.1. The lowest BCUT2D eigenvalue weighted by Crippen LogP contribution is -2.55. The minimum Gasteiger partial charge on any atom is -0.482 e. The summed E-state index contributed by atoms with van der Waals surface area (Å²) in [5.41, 5.74) is 1.00. The number of aliphatic hydroxyl groups is 1. The molecule has 2 atom stereocenters. The lowest BCUT2D eigenvalue weighted by atomic mass is 10.1. The van der Waals surface area contributed by atoms with E-state index in [-0.39, 0.29) is 32.9 Å². The van der Waals surface area contributed by atoms with E-state index in [0.29, 0.717) is 17.1 Å². The van der Waals surface area contributed by atoms with Gasteiger partial charge in [0, 0.05) is 30.5 Å². The molecule has 1 fully saturated rings. The first-order chi connectivity index (χ1) is 19.0. The molecule has 0 saturated carbocycles. The number of alkyl carbamates (subject to hydrolysis) is 1. The predicted molar refractivity (Wildman–Crippen MR) is 145 cm³/mol. The van der Waals surface area contributed by atoms with Gasteiger partial charge in [0.25, 0.3) is 11.8 Å². The molecular formula is C28H35N3O9. The molecule has 3 N–H and O–H groups in total. The molecule has 0 bridgehead atoms. The van der Waals surface area contributed by atoms with Gasteiger partial charge in [-0.2, -0.15) is 0 Å². The van der Waals surface area contributed by atoms with Crippen molar-refractivity contribution in [2.45, 2.75) is 52.0 Å². The van der Waals surface area contributed by atoms with Gasteiger partial charge in [-0.05, 0) is 57.5 Å². The van der Waals surface area contributed by atoms with Crippen molar-refractivity contribution in [1.29, 1.82) is 0 Å². The van der Waals surface area contributed by atoms with Crippen molar-refractivity contribution in [2.75, 3.05) is 36.6 Å². The van der Waals surface area contributed by atoms with Crippen molar-refractivity contribution in [3.63, 3.8) is 0 Å². The van der Waals surface area contributed by atoms with Crippen LogP contribution in [0, 0.1) is 0 Å².